The third kappa shape index (κ3) is 4.38. The van der Waals surface area contributed by atoms with Crippen molar-refractivity contribution in [3.05, 3.63) is 52.4 Å². The molecule has 3 aromatic rings. The van der Waals surface area contributed by atoms with Crippen LogP contribution in [0.4, 0.5) is 10.6 Å². The van der Waals surface area contributed by atoms with Gasteiger partial charge in [0.2, 0.25) is 0 Å². The van der Waals surface area contributed by atoms with Crippen LogP contribution in [0.1, 0.15) is 34.6 Å². The van der Waals surface area contributed by atoms with E-state index in [1.807, 2.05) is 0 Å². The molecule has 0 aromatic carbocycles. The van der Waals surface area contributed by atoms with Gasteiger partial charge in [-0.15, -0.1) is 5.10 Å². The highest BCUT2D eigenvalue weighted by molar-refractivity contribution is 6.30. The van der Waals surface area contributed by atoms with Gasteiger partial charge >= 0.3 is 12.1 Å². The van der Waals surface area contributed by atoms with Crippen molar-refractivity contribution >= 4 is 29.5 Å². The van der Waals surface area contributed by atoms with E-state index in [1.165, 1.54) is 11.8 Å². The number of aromatic nitrogens is 5. The molecule has 1 atom stereocenters. The molecule has 3 rings (SSSR count). The molecule has 0 saturated heterocycles. The first kappa shape index (κ1) is 21.2. The summed E-state index contributed by atoms with van der Waals surface area (Å²) in [5, 5.41) is 10.9. The summed E-state index contributed by atoms with van der Waals surface area (Å²) < 4.78 is 11.5. The summed E-state index contributed by atoms with van der Waals surface area (Å²) in [6.45, 7) is 3.36. The first-order chi connectivity index (χ1) is 14.3. The van der Waals surface area contributed by atoms with Crippen molar-refractivity contribution in [1.29, 1.82) is 0 Å². The van der Waals surface area contributed by atoms with Gasteiger partial charge in [-0.25, -0.2) is 19.3 Å². The van der Waals surface area contributed by atoms with Gasteiger partial charge in [0.15, 0.2) is 11.5 Å². The Morgan fingerprint density at radius 2 is 2.03 bits per heavy atom. The normalized spacial score (nSPS) is 11.6. The van der Waals surface area contributed by atoms with Crippen LogP contribution >= 0.6 is 11.6 Å². The number of anilines is 1. The van der Waals surface area contributed by atoms with Crippen molar-refractivity contribution in [1.82, 2.24) is 25.0 Å². The molecule has 0 aliphatic carbocycles. The van der Waals surface area contributed by atoms with Crippen LogP contribution in [-0.2, 0) is 16.5 Å². The van der Waals surface area contributed by atoms with Crippen LogP contribution in [0.5, 0.6) is 0 Å². The smallest absolute Gasteiger partial charge is 0.413 e. The zero-order valence-corrected chi connectivity index (χ0v) is 17.5. The number of carbonyl (C=O) groups is 2. The van der Waals surface area contributed by atoms with Crippen molar-refractivity contribution in [2.75, 3.05) is 12.4 Å². The van der Waals surface area contributed by atoms with Crippen LogP contribution in [-0.4, -0.2) is 44.1 Å². The molecule has 3 aromatic heterocycles. The van der Waals surface area contributed by atoms with Gasteiger partial charge in [0.05, 0.1) is 24.1 Å². The minimum atomic E-state index is -0.725. The second-order valence-electron chi connectivity index (χ2n) is 6.29. The average molecular weight is 431 g/mol. The van der Waals surface area contributed by atoms with Crippen LogP contribution in [0.25, 0.3) is 11.4 Å². The number of esters is 1. The van der Waals surface area contributed by atoms with Gasteiger partial charge in [0, 0.05) is 18.8 Å². The number of aryl methyl sites for hydroxylation is 2. The molecule has 0 saturated carbocycles. The molecule has 0 fully saturated rings. The predicted octanol–water partition coefficient (Wildman–Crippen LogP) is 3.33. The van der Waals surface area contributed by atoms with Crippen LogP contribution in [0.2, 0.25) is 5.15 Å². The minimum absolute atomic E-state index is 0.256. The summed E-state index contributed by atoms with van der Waals surface area (Å²) >= 11 is 6.05. The number of nitrogens with zero attached hydrogens (tertiary/aromatic N) is 5. The zero-order valence-electron chi connectivity index (χ0n) is 16.7. The lowest BCUT2D eigenvalue weighted by Gasteiger charge is -2.15. The molecule has 30 heavy (non-hydrogen) atoms. The molecule has 3 heterocycles. The number of rotatable bonds is 5. The molecule has 11 heteroatoms. The van der Waals surface area contributed by atoms with Gasteiger partial charge in [0.1, 0.15) is 11.3 Å². The molecule has 0 bridgehead atoms. The average Bonchev–Trinajstić information content (AvgIpc) is 3.07. The van der Waals surface area contributed by atoms with E-state index >= 15 is 0 Å². The fourth-order valence-corrected chi connectivity index (χ4v) is 3.01. The van der Waals surface area contributed by atoms with Crippen LogP contribution in [0.3, 0.4) is 0 Å². The quantitative estimate of drug-likeness (QED) is 0.483. The lowest BCUT2D eigenvalue weighted by molar-refractivity contribution is 0.0599. The Labute approximate surface area is 177 Å². The second kappa shape index (κ2) is 8.87. The van der Waals surface area contributed by atoms with E-state index in [0.29, 0.717) is 28.2 Å². The lowest BCUT2D eigenvalue weighted by Crippen LogP contribution is -2.18. The lowest BCUT2D eigenvalue weighted by atomic mass is 10.1. The number of amides is 1. The van der Waals surface area contributed by atoms with Gasteiger partial charge in [-0.05, 0) is 32.0 Å². The van der Waals surface area contributed by atoms with Crippen molar-refractivity contribution in [2.45, 2.75) is 20.0 Å². The Balaban J connectivity index is 1.81. The molecular weight excluding hydrogens is 412 g/mol. The summed E-state index contributed by atoms with van der Waals surface area (Å²) in [7, 11) is 2.91. The number of pyridine rings is 2. The minimum Gasteiger partial charge on any atom is -0.465 e. The molecule has 0 aliphatic rings. The maximum absolute atomic E-state index is 12.4. The Hall–Kier alpha value is -3.53. The summed E-state index contributed by atoms with van der Waals surface area (Å²) in [4.78, 5) is 32.6. The van der Waals surface area contributed by atoms with E-state index in [2.05, 4.69) is 25.6 Å². The fourth-order valence-electron chi connectivity index (χ4n) is 2.74. The Morgan fingerprint density at radius 3 is 2.70 bits per heavy atom. The molecule has 10 nitrogen and oxygen atoms in total. The molecule has 0 spiro atoms. The summed E-state index contributed by atoms with van der Waals surface area (Å²) in [5.41, 5.74) is 2.11. The molecule has 0 unspecified atom stereocenters. The Morgan fingerprint density at radius 1 is 1.27 bits per heavy atom. The number of halogens is 1. The number of carbonyl (C=O) groups excluding carboxylic acids is 2. The standard InChI is InChI=1S/C19H19ClN6O4/c1-10-12(18(27)29-4)7-8-14(22-10)15-17(26(3)25-24-15)23-19(28)30-11(2)13-6-5-9-21-16(13)20/h5-9,11H,1-4H3,(H,23,28)/t11-/m1/s1. The van der Waals surface area contributed by atoms with Gasteiger partial charge in [-0.1, -0.05) is 22.9 Å². The van der Waals surface area contributed by atoms with Gasteiger partial charge in [0.25, 0.3) is 0 Å². The Kier molecular flexibility index (Phi) is 6.26. The van der Waals surface area contributed by atoms with Crippen LogP contribution in [0, 0.1) is 6.92 Å². The molecule has 0 radical (unpaired) electrons. The molecular formula is C19H19ClN6O4. The SMILES string of the molecule is COC(=O)c1ccc(-c2nnn(C)c2NC(=O)O[C@H](C)c2cccnc2Cl)nc1C. The van der Waals surface area contributed by atoms with Gasteiger partial charge in [-0.3, -0.25) is 10.3 Å². The van der Waals surface area contributed by atoms with E-state index in [-0.39, 0.29) is 11.0 Å². The topological polar surface area (TPSA) is 121 Å². The molecule has 1 N–H and O–H groups in total. The van der Waals surface area contributed by atoms with E-state index in [1.54, 1.807) is 51.4 Å². The summed E-state index contributed by atoms with van der Waals surface area (Å²) in [6.07, 6.45) is 0.194. The van der Waals surface area contributed by atoms with Crippen LogP contribution < -0.4 is 5.32 Å². The highest BCUT2D eigenvalue weighted by Gasteiger charge is 2.21. The van der Waals surface area contributed by atoms with Gasteiger partial charge in [-0.2, -0.15) is 0 Å². The van der Waals surface area contributed by atoms with Crippen molar-refractivity contribution in [3.8, 4) is 11.4 Å². The Bertz CT molecular complexity index is 1100. The first-order valence-electron chi connectivity index (χ1n) is 8.85. The maximum atomic E-state index is 12.4. The summed E-state index contributed by atoms with van der Waals surface area (Å²) in [5.74, 6) is -0.210. The van der Waals surface area contributed by atoms with E-state index in [9.17, 15) is 9.59 Å². The number of hydrogen-bond acceptors (Lipinski definition) is 8. The highest BCUT2D eigenvalue weighted by Crippen LogP contribution is 2.27. The third-order valence-electron chi connectivity index (χ3n) is 4.29. The number of nitrogens with one attached hydrogen (secondary N) is 1. The van der Waals surface area contributed by atoms with Crippen LogP contribution in [0.15, 0.2) is 30.5 Å². The maximum Gasteiger partial charge on any atom is 0.413 e. The van der Waals surface area contributed by atoms with Crippen molar-refractivity contribution < 1.29 is 19.1 Å². The largest absolute Gasteiger partial charge is 0.465 e. The van der Waals surface area contributed by atoms with Crippen molar-refractivity contribution in [2.24, 2.45) is 7.05 Å². The molecule has 0 aliphatic heterocycles. The predicted molar refractivity (Wildman–Crippen MR) is 108 cm³/mol. The number of ether oxygens (including phenoxy) is 2. The summed E-state index contributed by atoms with van der Waals surface area (Å²) in [6, 6.07) is 6.60. The first-order valence-corrected chi connectivity index (χ1v) is 9.23. The monoisotopic (exact) mass is 430 g/mol. The van der Waals surface area contributed by atoms with E-state index in [4.69, 9.17) is 21.1 Å². The van der Waals surface area contributed by atoms with E-state index in [0.717, 1.165) is 0 Å². The third-order valence-corrected chi connectivity index (χ3v) is 4.61. The molecule has 156 valence electrons. The zero-order chi connectivity index (χ0) is 21.8. The van der Waals surface area contributed by atoms with E-state index < -0.39 is 18.2 Å². The second-order valence-corrected chi connectivity index (χ2v) is 6.65. The number of methoxy groups -OCH3 is 1. The highest BCUT2D eigenvalue weighted by atomic mass is 35.5. The molecule has 1 amide bonds. The van der Waals surface area contributed by atoms with Gasteiger partial charge < -0.3 is 9.47 Å². The fraction of sp³-hybridized carbons (Fsp3) is 0.263. The number of hydrogen-bond donors (Lipinski definition) is 1. The van der Waals surface area contributed by atoms with Crippen molar-refractivity contribution in [3.63, 3.8) is 0 Å².